The van der Waals surface area contributed by atoms with Crippen LogP contribution in [0.1, 0.15) is 23.6 Å². The lowest BCUT2D eigenvalue weighted by Crippen LogP contribution is -2.04. The molecule has 0 radical (unpaired) electrons. The van der Waals surface area contributed by atoms with Gasteiger partial charge in [-0.25, -0.2) is 4.39 Å². The molecule has 2 aromatic carbocycles. The van der Waals surface area contributed by atoms with Crippen LogP contribution in [0.4, 0.5) is 10.1 Å². The first kappa shape index (κ1) is 14.5. The van der Waals surface area contributed by atoms with Gasteiger partial charge in [0.15, 0.2) is 5.82 Å². The maximum Gasteiger partial charge on any atom is 0.161 e. The lowest BCUT2D eigenvalue weighted by Gasteiger charge is -2.12. The Morgan fingerprint density at radius 1 is 1.20 bits per heavy atom. The van der Waals surface area contributed by atoms with Gasteiger partial charge in [0.1, 0.15) is 6.07 Å². The average Bonchev–Trinajstić information content (AvgIpc) is 2.49. The molecule has 0 atom stereocenters. The molecular formula is C16H14BrFN2. The quantitative estimate of drug-likeness (QED) is 0.885. The van der Waals surface area contributed by atoms with Gasteiger partial charge in [-0.2, -0.15) is 5.26 Å². The van der Waals surface area contributed by atoms with Crippen molar-refractivity contribution >= 4 is 21.6 Å². The van der Waals surface area contributed by atoms with Gasteiger partial charge in [-0.3, -0.25) is 0 Å². The molecule has 0 unspecified atom stereocenters. The van der Waals surface area contributed by atoms with Crippen LogP contribution in [0.2, 0.25) is 0 Å². The van der Waals surface area contributed by atoms with Crippen molar-refractivity contribution in [3.8, 4) is 6.07 Å². The number of nitrogens with one attached hydrogen (secondary N) is 1. The van der Waals surface area contributed by atoms with Crippen molar-refractivity contribution in [3.05, 3.63) is 63.4 Å². The molecule has 20 heavy (non-hydrogen) atoms. The van der Waals surface area contributed by atoms with Crippen molar-refractivity contribution < 1.29 is 4.39 Å². The number of aryl methyl sites for hydroxylation is 1. The van der Waals surface area contributed by atoms with Gasteiger partial charge in [0.05, 0.1) is 15.7 Å². The van der Waals surface area contributed by atoms with Crippen molar-refractivity contribution in [1.29, 1.82) is 5.26 Å². The van der Waals surface area contributed by atoms with E-state index in [2.05, 4.69) is 34.2 Å². The maximum atomic E-state index is 14.1. The van der Waals surface area contributed by atoms with E-state index < -0.39 is 5.82 Å². The Morgan fingerprint density at radius 2 is 1.90 bits per heavy atom. The van der Waals surface area contributed by atoms with Crippen LogP contribution >= 0.6 is 15.9 Å². The SMILES string of the molecule is CCc1ccccc1CNc1ccc(C#N)c(Br)c1F. The second kappa shape index (κ2) is 6.53. The number of anilines is 1. The van der Waals surface area contributed by atoms with E-state index in [9.17, 15) is 4.39 Å². The van der Waals surface area contributed by atoms with Gasteiger partial charge in [-0.05, 0) is 45.6 Å². The Kier molecular flexibility index (Phi) is 4.75. The van der Waals surface area contributed by atoms with Gasteiger partial charge < -0.3 is 5.32 Å². The first-order valence-electron chi connectivity index (χ1n) is 6.36. The third-order valence-electron chi connectivity index (χ3n) is 3.17. The highest BCUT2D eigenvalue weighted by atomic mass is 79.9. The van der Waals surface area contributed by atoms with Gasteiger partial charge in [-0.15, -0.1) is 0 Å². The monoisotopic (exact) mass is 332 g/mol. The molecule has 0 aromatic heterocycles. The first-order valence-corrected chi connectivity index (χ1v) is 7.15. The minimum absolute atomic E-state index is 0.203. The van der Waals surface area contributed by atoms with Crippen LogP contribution in [-0.4, -0.2) is 0 Å². The van der Waals surface area contributed by atoms with Crippen molar-refractivity contribution in [2.75, 3.05) is 5.32 Å². The lowest BCUT2D eigenvalue weighted by molar-refractivity contribution is 0.623. The highest BCUT2D eigenvalue weighted by molar-refractivity contribution is 9.10. The molecule has 0 saturated carbocycles. The van der Waals surface area contributed by atoms with E-state index in [0.29, 0.717) is 17.8 Å². The Bertz CT molecular complexity index is 662. The minimum Gasteiger partial charge on any atom is -0.379 e. The predicted molar refractivity (Wildman–Crippen MR) is 82.0 cm³/mol. The average molecular weight is 333 g/mol. The molecule has 0 aliphatic heterocycles. The van der Waals surface area contributed by atoms with Crippen LogP contribution in [0.25, 0.3) is 0 Å². The summed E-state index contributed by atoms with van der Waals surface area (Å²) in [5, 5.41) is 11.9. The van der Waals surface area contributed by atoms with Crippen molar-refractivity contribution in [1.82, 2.24) is 0 Å². The molecule has 0 heterocycles. The fourth-order valence-corrected chi connectivity index (χ4v) is 2.47. The summed E-state index contributed by atoms with van der Waals surface area (Å²) < 4.78 is 14.3. The number of benzene rings is 2. The number of nitrogens with zero attached hydrogens (tertiary/aromatic N) is 1. The molecule has 0 spiro atoms. The van der Waals surface area contributed by atoms with Crippen LogP contribution in [-0.2, 0) is 13.0 Å². The minimum atomic E-state index is -0.432. The second-order valence-corrected chi connectivity index (χ2v) is 5.17. The van der Waals surface area contributed by atoms with Crippen LogP contribution in [0.5, 0.6) is 0 Å². The van der Waals surface area contributed by atoms with Crippen LogP contribution in [0.3, 0.4) is 0 Å². The molecule has 0 aliphatic rings. The van der Waals surface area contributed by atoms with Gasteiger partial charge in [0, 0.05) is 6.54 Å². The summed E-state index contributed by atoms with van der Waals surface area (Å²) in [6.07, 6.45) is 0.942. The molecule has 0 saturated heterocycles. The van der Waals surface area contributed by atoms with E-state index in [1.807, 2.05) is 24.3 Å². The van der Waals surface area contributed by atoms with E-state index in [-0.39, 0.29) is 4.47 Å². The number of rotatable bonds is 4. The Morgan fingerprint density at radius 3 is 2.55 bits per heavy atom. The zero-order valence-corrected chi connectivity index (χ0v) is 12.7. The van der Waals surface area contributed by atoms with Gasteiger partial charge in [-0.1, -0.05) is 31.2 Å². The standard InChI is InChI=1S/C16H14BrFN2/c1-2-11-5-3-4-6-13(11)10-20-14-8-7-12(9-19)15(17)16(14)18/h3-8,20H,2,10H2,1H3. The molecular weight excluding hydrogens is 319 g/mol. The summed E-state index contributed by atoms with van der Waals surface area (Å²) in [6.45, 7) is 2.65. The molecule has 0 fully saturated rings. The van der Waals surface area contributed by atoms with E-state index in [1.165, 1.54) is 5.56 Å². The molecule has 1 N–H and O–H groups in total. The summed E-state index contributed by atoms with van der Waals surface area (Å²) in [5.74, 6) is -0.432. The molecule has 0 bridgehead atoms. The Balaban J connectivity index is 2.20. The normalized spacial score (nSPS) is 10.1. The van der Waals surface area contributed by atoms with Gasteiger partial charge >= 0.3 is 0 Å². The molecule has 2 rings (SSSR count). The second-order valence-electron chi connectivity index (χ2n) is 4.38. The van der Waals surface area contributed by atoms with Gasteiger partial charge in [0.25, 0.3) is 0 Å². The van der Waals surface area contributed by atoms with E-state index >= 15 is 0 Å². The Hall–Kier alpha value is -1.86. The fraction of sp³-hybridized carbons (Fsp3) is 0.188. The molecule has 0 aliphatic carbocycles. The number of hydrogen-bond acceptors (Lipinski definition) is 2. The summed E-state index contributed by atoms with van der Waals surface area (Å²) in [5.41, 5.74) is 3.08. The molecule has 2 nitrogen and oxygen atoms in total. The Labute approximate surface area is 126 Å². The topological polar surface area (TPSA) is 35.8 Å². The number of nitriles is 1. The highest BCUT2D eigenvalue weighted by Crippen LogP contribution is 2.27. The fourth-order valence-electron chi connectivity index (χ4n) is 2.04. The largest absolute Gasteiger partial charge is 0.379 e. The highest BCUT2D eigenvalue weighted by Gasteiger charge is 2.11. The third kappa shape index (κ3) is 3.00. The van der Waals surface area contributed by atoms with Crippen molar-refractivity contribution in [3.63, 3.8) is 0 Å². The molecule has 2 aromatic rings. The number of hydrogen-bond donors (Lipinski definition) is 1. The first-order chi connectivity index (χ1) is 9.67. The number of halogens is 2. The lowest BCUT2D eigenvalue weighted by atomic mass is 10.1. The summed E-state index contributed by atoms with van der Waals surface area (Å²) in [6, 6.07) is 13.2. The third-order valence-corrected chi connectivity index (χ3v) is 3.95. The zero-order valence-electron chi connectivity index (χ0n) is 11.1. The van der Waals surface area contributed by atoms with E-state index in [1.54, 1.807) is 12.1 Å². The summed E-state index contributed by atoms with van der Waals surface area (Å²) in [7, 11) is 0. The maximum absolute atomic E-state index is 14.1. The smallest absolute Gasteiger partial charge is 0.161 e. The molecule has 0 amide bonds. The predicted octanol–water partition coefficient (Wildman–Crippen LogP) is 4.63. The summed E-state index contributed by atoms with van der Waals surface area (Å²) >= 11 is 3.11. The van der Waals surface area contributed by atoms with Gasteiger partial charge in [0.2, 0.25) is 0 Å². The van der Waals surface area contributed by atoms with Crippen molar-refractivity contribution in [2.45, 2.75) is 19.9 Å². The summed E-state index contributed by atoms with van der Waals surface area (Å²) in [4.78, 5) is 0. The van der Waals surface area contributed by atoms with E-state index in [4.69, 9.17) is 5.26 Å². The van der Waals surface area contributed by atoms with Crippen LogP contribution in [0, 0.1) is 17.1 Å². The zero-order chi connectivity index (χ0) is 14.5. The van der Waals surface area contributed by atoms with E-state index in [0.717, 1.165) is 12.0 Å². The molecule has 4 heteroatoms. The molecule has 102 valence electrons. The van der Waals surface area contributed by atoms with Crippen molar-refractivity contribution in [2.24, 2.45) is 0 Å². The van der Waals surface area contributed by atoms with Crippen LogP contribution in [0.15, 0.2) is 40.9 Å². The van der Waals surface area contributed by atoms with Crippen LogP contribution < -0.4 is 5.32 Å².